The zero-order valence-electron chi connectivity index (χ0n) is 9.23. The van der Waals surface area contributed by atoms with Crippen molar-refractivity contribution in [1.29, 1.82) is 0 Å². The van der Waals surface area contributed by atoms with Crippen molar-refractivity contribution in [3.63, 3.8) is 0 Å². The van der Waals surface area contributed by atoms with Gasteiger partial charge in [-0.1, -0.05) is 31.2 Å². The van der Waals surface area contributed by atoms with Gasteiger partial charge in [0.15, 0.2) is 0 Å². The summed E-state index contributed by atoms with van der Waals surface area (Å²) in [5.41, 5.74) is 6.87. The van der Waals surface area contributed by atoms with E-state index in [-0.39, 0.29) is 5.91 Å². The molecule has 0 heterocycles. The molecule has 0 unspecified atom stereocenters. The number of primary amides is 1. The first-order valence-corrected chi connectivity index (χ1v) is 4.64. The Bertz CT molecular complexity index is 335. The molecule has 0 saturated heterocycles. The van der Waals surface area contributed by atoms with Gasteiger partial charge in [0.25, 0.3) is 0 Å². The molecular formula is C11H16N2O2. The van der Waals surface area contributed by atoms with E-state index in [9.17, 15) is 4.79 Å². The van der Waals surface area contributed by atoms with Crippen LogP contribution in [-0.2, 0) is 0 Å². The van der Waals surface area contributed by atoms with Crippen molar-refractivity contribution in [2.24, 2.45) is 10.9 Å². The summed E-state index contributed by atoms with van der Waals surface area (Å²) in [6.45, 7) is 4.17. The van der Waals surface area contributed by atoms with E-state index in [0.29, 0.717) is 11.5 Å². The third kappa shape index (κ3) is 4.90. The predicted octanol–water partition coefficient (Wildman–Crippen LogP) is 2.29. The Kier molecular flexibility index (Phi) is 5.94. The van der Waals surface area contributed by atoms with Crippen LogP contribution in [0.3, 0.4) is 0 Å². The van der Waals surface area contributed by atoms with Crippen LogP contribution in [0.1, 0.15) is 35.7 Å². The lowest BCUT2D eigenvalue weighted by Crippen LogP contribution is -2.11. The number of nitroso groups, excluding NO2 is 1. The highest BCUT2D eigenvalue weighted by Gasteiger charge is 2.02. The van der Waals surface area contributed by atoms with Crippen LogP contribution in [0, 0.1) is 4.91 Å². The van der Waals surface area contributed by atoms with Gasteiger partial charge in [0, 0.05) is 5.56 Å². The molecule has 0 saturated carbocycles. The average Bonchev–Trinajstić information content (AvgIpc) is 2.19. The first-order chi connectivity index (χ1) is 7.02. The molecule has 4 heteroatoms. The summed E-state index contributed by atoms with van der Waals surface area (Å²) < 4.78 is 0. The van der Waals surface area contributed by atoms with E-state index in [4.69, 9.17) is 10.6 Å². The summed E-state index contributed by atoms with van der Waals surface area (Å²) in [7, 11) is 1.19. The molecular weight excluding hydrogens is 192 g/mol. The Morgan fingerprint density at radius 2 is 1.93 bits per heavy atom. The molecule has 1 aromatic rings. The fraction of sp³-hybridized carbons (Fsp3) is 0.364. The van der Waals surface area contributed by atoms with Crippen molar-refractivity contribution in [2.45, 2.75) is 19.8 Å². The van der Waals surface area contributed by atoms with Crippen molar-refractivity contribution in [1.82, 2.24) is 0 Å². The molecule has 0 aliphatic carbocycles. The lowest BCUT2D eigenvalue weighted by atomic mass is 10.0. The Morgan fingerprint density at radius 1 is 1.40 bits per heavy atom. The second-order valence-electron chi connectivity index (χ2n) is 3.33. The van der Waals surface area contributed by atoms with Gasteiger partial charge in [0.05, 0.1) is 7.05 Å². The first-order valence-electron chi connectivity index (χ1n) is 4.64. The van der Waals surface area contributed by atoms with Gasteiger partial charge in [-0.05, 0) is 23.6 Å². The number of carbonyl (C=O) groups excluding carboxylic acids is 1. The Hall–Kier alpha value is -1.71. The van der Waals surface area contributed by atoms with E-state index in [1.807, 2.05) is 18.2 Å². The second-order valence-corrected chi connectivity index (χ2v) is 3.33. The third-order valence-electron chi connectivity index (χ3n) is 1.84. The van der Waals surface area contributed by atoms with E-state index >= 15 is 0 Å². The maximum absolute atomic E-state index is 10.8. The van der Waals surface area contributed by atoms with Crippen LogP contribution in [-0.4, -0.2) is 13.0 Å². The van der Waals surface area contributed by atoms with E-state index in [0.717, 1.165) is 5.56 Å². The summed E-state index contributed by atoms with van der Waals surface area (Å²) in [5.74, 6) is 0.0711. The van der Waals surface area contributed by atoms with E-state index in [2.05, 4.69) is 19.0 Å². The largest absolute Gasteiger partial charge is 0.366 e. The standard InChI is InChI=1S/C10H13NO.CH3NO/c1-7(2)8-4-3-5-9(6-8)10(11)12;1-2-3/h3-7H,1-2H3,(H2,11,12);1H3. The monoisotopic (exact) mass is 208 g/mol. The van der Waals surface area contributed by atoms with Gasteiger partial charge in [0.2, 0.25) is 5.91 Å². The molecule has 0 radical (unpaired) electrons. The maximum atomic E-state index is 10.8. The summed E-state index contributed by atoms with van der Waals surface area (Å²) in [5, 5.41) is 2.25. The van der Waals surface area contributed by atoms with Crippen LogP contribution < -0.4 is 5.73 Å². The summed E-state index contributed by atoms with van der Waals surface area (Å²) in [6.07, 6.45) is 0. The van der Waals surface area contributed by atoms with Crippen LogP contribution in [0.5, 0.6) is 0 Å². The molecule has 0 spiro atoms. The van der Waals surface area contributed by atoms with Gasteiger partial charge >= 0.3 is 0 Å². The summed E-state index contributed by atoms with van der Waals surface area (Å²) in [4.78, 5) is 19.4. The Balaban J connectivity index is 0.000000583. The van der Waals surface area contributed by atoms with Gasteiger partial charge in [-0.15, -0.1) is 0 Å². The SMILES string of the molecule is CC(C)c1cccc(C(N)=O)c1.CN=O. The lowest BCUT2D eigenvalue weighted by molar-refractivity contribution is 0.1000. The number of hydrogen-bond donors (Lipinski definition) is 1. The molecule has 0 aliphatic rings. The maximum Gasteiger partial charge on any atom is 0.248 e. The van der Waals surface area contributed by atoms with Gasteiger partial charge in [-0.2, -0.15) is 4.91 Å². The van der Waals surface area contributed by atoms with Crippen LogP contribution >= 0.6 is 0 Å². The lowest BCUT2D eigenvalue weighted by Gasteiger charge is -2.05. The molecule has 82 valence electrons. The van der Waals surface area contributed by atoms with Crippen LogP contribution in [0.15, 0.2) is 29.4 Å². The molecule has 0 aromatic heterocycles. The van der Waals surface area contributed by atoms with Crippen molar-refractivity contribution in [2.75, 3.05) is 7.05 Å². The number of hydrogen-bond acceptors (Lipinski definition) is 3. The zero-order chi connectivity index (χ0) is 11.8. The van der Waals surface area contributed by atoms with Crippen LogP contribution in [0.4, 0.5) is 0 Å². The van der Waals surface area contributed by atoms with Crippen molar-refractivity contribution >= 4 is 5.91 Å². The van der Waals surface area contributed by atoms with Crippen LogP contribution in [0.25, 0.3) is 0 Å². The predicted molar refractivity (Wildman–Crippen MR) is 60.8 cm³/mol. The molecule has 15 heavy (non-hydrogen) atoms. The summed E-state index contributed by atoms with van der Waals surface area (Å²) >= 11 is 0. The van der Waals surface area contributed by atoms with E-state index in [1.54, 1.807) is 6.07 Å². The smallest absolute Gasteiger partial charge is 0.248 e. The quantitative estimate of drug-likeness (QED) is 0.757. The number of carbonyl (C=O) groups is 1. The number of amides is 1. The molecule has 1 rings (SSSR count). The zero-order valence-corrected chi connectivity index (χ0v) is 9.23. The molecule has 1 aromatic carbocycles. The number of benzene rings is 1. The molecule has 0 fully saturated rings. The Morgan fingerprint density at radius 3 is 2.33 bits per heavy atom. The highest BCUT2D eigenvalue weighted by Crippen LogP contribution is 2.14. The Labute approximate surface area is 89.5 Å². The van der Waals surface area contributed by atoms with E-state index in [1.165, 1.54) is 7.05 Å². The number of nitrogens with zero attached hydrogens (tertiary/aromatic N) is 1. The molecule has 4 nitrogen and oxygen atoms in total. The van der Waals surface area contributed by atoms with Gasteiger partial charge in [-0.25, -0.2) is 0 Å². The minimum absolute atomic E-state index is 0.363. The minimum Gasteiger partial charge on any atom is -0.366 e. The fourth-order valence-corrected chi connectivity index (χ4v) is 1.05. The number of nitrogens with two attached hydrogens (primary N) is 1. The number of rotatable bonds is 2. The second kappa shape index (κ2) is 6.70. The molecule has 2 N–H and O–H groups in total. The summed E-state index contributed by atoms with van der Waals surface area (Å²) in [6, 6.07) is 7.42. The first kappa shape index (κ1) is 13.3. The average molecular weight is 208 g/mol. The van der Waals surface area contributed by atoms with Crippen LogP contribution in [0.2, 0.25) is 0 Å². The third-order valence-corrected chi connectivity index (χ3v) is 1.84. The molecule has 0 atom stereocenters. The topological polar surface area (TPSA) is 72.5 Å². The normalized spacial score (nSPS) is 9.07. The van der Waals surface area contributed by atoms with E-state index < -0.39 is 0 Å². The van der Waals surface area contributed by atoms with Crippen molar-refractivity contribution in [3.8, 4) is 0 Å². The fourth-order valence-electron chi connectivity index (χ4n) is 1.05. The molecule has 0 bridgehead atoms. The highest BCUT2D eigenvalue weighted by atomic mass is 16.2. The molecule has 1 amide bonds. The highest BCUT2D eigenvalue weighted by molar-refractivity contribution is 5.92. The molecule has 0 aliphatic heterocycles. The van der Waals surface area contributed by atoms with Gasteiger partial charge < -0.3 is 5.73 Å². The van der Waals surface area contributed by atoms with Crippen molar-refractivity contribution < 1.29 is 4.79 Å². The van der Waals surface area contributed by atoms with Gasteiger partial charge in [0.1, 0.15) is 0 Å². The van der Waals surface area contributed by atoms with Gasteiger partial charge in [-0.3, -0.25) is 4.79 Å². The minimum atomic E-state index is -0.363. The van der Waals surface area contributed by atoms with Crippen molar-refractivity contribution in [3.05, 3.63) is 40.3 Å².